The van der Waals surface area contributed by atoms with Crippen LogP contribution in [0.2, 0.25) is 0 Å². The molecule has 0 aromatic carbocycles. The van der Waals surface area contributed by atoms with Crippen LogP contribution in [-0.2, 0) is 4.79 Å². The molecule has 98 valence electrons. The predicted octanol–water partition coefficient (Wildman–Crippen LogP) is 0.601. The Morgan fingerprint density at radius 1 is 1.44 bits per heavy atom. The van der Waals surface area contributed by atoms with E-state index < -0.39 is 0 Å². The number of rotatable bonds is 5. The highest BCUT2D eigenvalue weighted by atomic mass is 16.1. The Labute approximate surface area is 106 Å². The maximum atomic E-state index is 11.2. The molecular weight excluding hydrogens is 230 g/mol. The molecule has 1 aromatic heterocycles. The van der Waals surface area contributed by atoms with Crippen LogP contribution in [0.25, 0.3) is 0 Å². The van der Waals surface area contributed by atoms with E-state index in [0.29, 0.717) is 11.9 Å². The Morgan fingerprint density at radius 2 is 2.17 bits per heavy atom. The number of nitrogens with one attached hydrogen (secondary N) is 1. The average molecular weight is 249 g/mol. The average Bonchev–Trinajstić information content (AvgIpc) is 2.89. The summed E-state index contributed by atoms with van der Waals surface area (Å²) in [5.41, 5.74) is 7.83. The van der Waals surface area contributed by atoms with Crippen LogP contribution in [0.4, 0.5) is 11.6 Å². The van der Waals surface area contributed by atoms with Gasteiger partial charge in [-0.1, -0.05) is 18.9 Å². The quantitative estimate of drug-likeness (QED) is 0.524. The highest BCUT2D eigenvalue weighted by molar-refractivity contribution is 5.79. The van der Waals surface area contributed by atoms with Gasteiger partial charge in [-0.3, -0.25) is 4.79 Å². The van der Waals surface area contributed by atoms with Gasteiger partial charge in [0.25, 0.3) is 0 Å². The van der Waals surface area contributed by atoms with Crippen molar-refractivity contribution in [3.63, 3.8) is 0 Å². The number of pyridine rings is 1. The Balaban J connectivity index is 2.23. The molecule has 0 spiro atoms. The fraction of sp³-hybridized carbons (Fsp3) is 0.500. The summed E-state index contributed by atoms with van der Waals surface area (Å²) in [6, 6.07) is 5.86. The summed E-state index contributed by atoms with van der Waals surface area (Å²) >= 11 is 0. The maximum absolute atomic E-state index is 11.2. The van der Waals surface area contributed by atoms with Gasteiger partial charge in [-0.15, -0.1) is 0 Å². The topological polar surface area (TPSA) is 97.3 Å². The number of nitrogens with zero attached hydrogens (tertiary/aromatic N) is 2. The molecule has 0 unspecified atom stereocenters. The summed E-state index contributed by atoms with van der Waals surface area (Å²) < 4.78 is 0. The normalized spacial score (nSPS) is 15.6. The van der Waals surface area contributed by atoms with Crippen LogP contribution < -0.4 is 21.9 Å². The van der Waals surface area contributed by atoms with Crippen LogP contribution in [0.1, 0.15) is 25.7 Å². The van der Waals surface area contributed by atoms with Crippen LogP contribution >= 0.6 is 0 Å². The van der Waals surface area contributed by atoms with Crippen molar-refractivity contribution in [1.82, 2.24) is 4.98 Å². The molecule has 0 aliphatic heterocycles. The minimum absolute atomic E-state index is 0.200. The van der Waals surface area contributed by atoms with Crippen molar-refractivity contribution in [2.45, 2.75) is 31.7 Å². The molecule has 18 heavy (non-hydrogen) atoms. The SMILES string of the molecule is NNc1cccc(N(CC(N)=O)C2CCCC2)n1. The molecule has 0 saturated heterocycles. The smallest absolute Gasteiger partial charge is 0.237 e. The van der Waals surface area contributed by atoms with Crippen LogP contribution in [0, 0.1) is 0 Å². The first-order valence-electron chi connectivity index (χ1n) is 6.19. The molecule has 0 atom stereocenters. The molecule has 1 amide bonds. The van der Waals surface area contributed by atoms with Crippen molar-refractivity contribution in [2.24, 2.45) is 11.6 Å². The highest BCUT2D eigenvalue weighted by Gasteiger charge is 2.24. The third-order valence-electron chi connectivity index (χ3n) is 3.27. The lowest BCUT2D eigenvalue weighted by atomic mass is 10.2. The van der Waals surface area contributed by atoms with Crippen molar-refractivity contribution in [3.05, 3.63) is 18.2 Å². The van der Waals surface area contributed by atoms with E-state index in [1.807, 2.05) is 17.0 Å². The molecule has 0 bridgehead atoms. The Bertz CT molecular complexity index is 417. The molecule has 1 aromatic rings. The number of amides is 1. The summed E-state index contributed by atoms with van der Waals surface area (Å²) in [6.45, 7) is 0.200. The van der Waals surface area contributed by atoms with Gasteiger partial charge in [-0.25, -0.2) is 10.8 Å². The lowest BCUT2D eigenvalue weighted by Gasteiger charge is -2.29. The van der Waals surface area contributed by atoms with Crippen molar-refractivity contribution < 1.29 is 4.79 Å². The zero-order chi connectivity index (χ0) is 13.0. The number of primary amides is 1. The lowest BCUT2D eigenvalue weighted by Crippen LogP contribution is -2.40. The molecule has 0 radical (unpaired) electrons. The first-order chi connectivity index (χ1) is 8.70. The number of hydrogen-bond donors (Lipinski definition) is 3. The van der Waals surface area contributed by atoms with E-state index in [2.05, 4.69) is 10.4 Å². The van der Waals surface area contributed by atoms with Gasteiger partial charge in [0.15, 0.2) is 0 Å². The van der Waals surface area contributed by atoms with Gasteiger partial charge < -0.3 is 16.1 Å². The highest BCUT2D eigenvalue weighted by Crippen LogP contribution is 2.27. The third-order valence-corrected chi connectivity index (χ3v) is 3.27. The fourth-order valence-corrected chi connectivity index (χ4v) is 2.44. The minimum atomic E-state index is -0.338. The van der Waals surface area contributed by atoms with Gasteiger partial charge >= 0.3 is 0 Å². The summed E-state index contributed by atoms with van der Waals surface area (Å²) in [4.78, 5) is 17.6. The molecular formula is C12H19N5O. The Hall–Kier alpha value is -1.82. The standard InChI is InChI=1S/C12H19N5O/c13-10(18)8-17(9-4-1-2-5-9)12-7-3-6-11(15-12)16-14/h3,6-7,9H,1-2,4-5,8,14H2,(H2,13,18)(H,15,16). The number of hydrogen-bond acceptors (Lipinski definition) is 5. The zero-order valence-electron chi connectivity index (χ0n) is 10.3. The second-order valence-corrected chi connectivity index (χ2v) is 4.56. The number of carbonyl (C=O) groups is 1. The molecule has 1 heterocycles. The van der Waals surface area contributed by atoms with Crippen LogP contribution in [0.15, 0.2) is 18.2 Å². The maximum Gasteiger partial charge on any atom is 0.237 e. The van der Waals surface area contributed by atoms with E-state index in [4.69, 9.17) is 11.6 Å². The van der Waals surface area contributed by atoms with Crippen molar-refractivity contribution in [2.75, 3.05) is 16.9 Å². The number of nitrogen functional groups attached to an aromatic ring is 1. The Kier molecular flexibility index (Phi) is 3.99. The zero-order valence-corrected chi connectivity index (χ0v) is 10.3. The fourth-order valence-electron chi connectivity index (χ4n) is 2.44. The van der Waals surface area contributed by atoms with Crippen LogP contribution in [0.3, 0.4) is 0 Å². The first-order valence-corrected chi connectivity index (χ1v) is 6.19. The van der Waals surface area contributed by atoms with E-state index in [9.17, 15) is 4.79 Å². The number of aromatic nitrogens is 1. The van der Waals surface area contributed by atoms with Gasteiger partial charge in [-0.2, -0.15) is 0 Å². The van der Waals surface area contributed by atoms with Crippen LogP contribution in [-0.4, -0.2) is 23.5 Å². The summed E-state index contributed by atoms with van der Waals surface area (Å²) in [7, 11) is 0. The van der Waals surface area contributed by atoms with Gasteiger partial charge in [0.2, 0.25) is 5.91 Å². The van der Waals surface area contributed by atoms with Gasteiger partial charge in [0, 0.05) is 6.04 Å². The molecule has 6 heteroatoms. The molecule has 1 aliphatic rings. The molecule has 2 rings (SSSR count). The van der Waals surface area contributed by atoms with E-state index >= 15 is 0 Å². The van der Waals surface area contributed by atoms with E-state index in [1.165, 1.54) is 12.8 Å². The van der Waals surface area contributed by atoms with Gasteiger partial charge in [-0.05, 0) is 25.0 Å². The van der Waals surface area contributed by atoms with Gasteiger partial charge in [0.05, 0.1) is 6.54 Å². The summed E-state index contributed by atoms with van der Waals surface area (Å²) in [6.07, 6.45) is 4.54. The van der Waals surface area contributed by atoms with Crippen molar-refractivity contribution in [3.8, 4) is 0 Å². The molecule has 5 N–H and O–H groups in total. The second kappa shape index (κ2) is 5.68. The minimum Gasteiger partial charge on any atom is -0.368 e. The summed E-state index contributed by atoms with van der Waals surface area (Å²) in [5, 5.41) is 0. The van der Waals surface area contributed by atoms with Crippen molar-refractivity contribution >= 4 is 17.5 Å². The monoisotopic (exact) mass is 249 g/mol. The first kappa shape index (κ1) is 12.6. The van der Waals surface area contributed by atoms with Crippen LogP contribution in [0.5, 0.6) is 0 Å². The largest absolute Gasteiger partial charge is 0.368 e. The van der Waals surface area contributed by atoms with E-state index in [0.717, 1.165) is 18.7 Å². The second-order valence-electron chi connectivity index (χ2n) is 4.56. The summed E-state index contributed by atoms with van der Waals surface area (Å²) in [5.74, 6) is 6.34. The predicted molar refractivity (Wildman–Crippen MR) is 70.8 cm³/mol. The molecule has 1 saturated carbocycles. The van der Waals surface area contributed by atoms with Crippen molar-refractivity contribution in [1.29, 1.82) is 0 Å². The number of hydrazine groups is 1. The Morgan fingerprint density at radius 3 is 2.78 bits per heavy atom. The lowest BCUT2D eigenvalue weighted by molar-refractivity contribution is -0.116. The molecule has 6 nitrogen and oxygen atoms in total. The molecule has 1 fully saturated rings. The third kappa shape index (κ3) is 2.89. The number of anilines is 2. The van der Waals surface area contributed by atoms with E-state index in [1.54, 1.807) is 6.07 Å². The van der Waals surface area contributed by atoms with Gasteiger partial charge in [0.1, 0.15) is 11.6 Å². The molecule has 1 aliphatic carbocycles. The number of carbonyl (C=O) groups excluding carboxylic acids is 1. The number of nitrogens with two attached hydrogens (primary N) is 2. The van der Waals surface area contributed by atoms with E-state index in [-0.39, 0.29) is 12.5 Å².